The molecule has 1 aliphatic heterocycles. The first-order valence-electron chi connectivity index (χ1n) is 5.61. The minimum atomic E-state index is 0.268. The van der Waals surface area contributed by atoms with E-state index in [0.717, 1.165) is 30.1 Å². The van der Waals surface area contributed by atoms with Gasteiger partial charge in [-0.15, -0.1) is 0 Å². The van der Waals surface area contributed by atoms with E-state index in [2.05, 4.69) is 5.32 Å². The quantitative estimate of drug-likeness (QED) is 0.776. The molecule has 80 valence electrons. The van der Waals surface area contributed by atoms with Gasteiger partial charge in [-0.2, -0.15) is 0 Å². The van der Waals surface area contributed by atoms with Crippen LogP contribution >= 0.6 is 11.8 Å². The highest BCUT2D eigenvalue weighted by Crippen LogP contribution is 2.39. The lowest BCUT2D eigenvalue weighted by molar-refractivity contribution is -0.109. The molecule has 2 unspecified atom stereocenters. The molecule has 2 nitrogen and oxygen atoms in total. The number of thioether (sulfide) groups is 1. The van der Waals surface area contributed by atoms with Crippen LogP contribution in [0, 0.1) is 17.8 Å². The molecule has 0 aromatic heterocycles. The van der Waals surface area contributed by atoms with Crippen LogP contribution in [-0.4, -0.2) is 24.0 Å². The van der Waals surface area contributed by atoms with E-state index >= 15 is 0 Å². The summed E-state index contributed by atoms with van der Waals surface area (Å²) in [5.41, 5.74) is 0. The number of carbonyl (C=O) groups is 1. The summed E-state index contributed by atoms with van der Waals surface area (Å²) < 4.78 is 0. The van der Waals surface area contributed by atoms with Crippen molar-refractivity contribution in [3.63, 3.8) is 0 Å². The van der Waals surface area contributed by atoms with E-state index in [0.29, 0.717) is 0 Å². The fourth-order valence-electron chi connectivity index (χ4n) is 2.58. The number of hydrogen-bond acceptors (Lipinski definition) is 3. The van der Waals surface area contributed by atoms with Gasteiger partial charge < -0.3 is 5.32 Å². The van der Waals surface area contributed by atoms with Crippen LogP contribution in [0.3, 0.4) is 0 Å². The predicted molar refractivity (Wildman–Crippen MR) is 60.3 cm³/mol. The molecule has 2 aliphatic rings. The third-order valence-electron chi connectivity index (χ3n) is 3.65. The van der Waals surface area contributed by atoms with Gasteiger partial charge in [-0.05, 0) is 30.8 Å². The van der Waals surface area contributed by atoms with Crippen LogP contribution in [0.5, 0.6) is 0 Å². The Labute approximate surface area is 90.2 Å². The van der Waals surface area contributed by atoms with Crippen LogP contribution < -0.4 is 5.32 Å². The molecule has 2 fully saturated rings. The van der Waals surface area contributed by atoms with Crippen molar-refractivity contribution in [1.29, 1.82) is 0 Å². The van der Waals surface area contributed by atoms with Crippen LogP contribution in [0.2, 0.25) is 0 Å². The third kappa shape index (κ3) is 2.31. The monoisotopic (exact) mass is 213 g/mol. The molecule has 1 saturated heterocycles. The first kappa shape index (κ1) is 10.5. The molecule has 2 rings (SSSR count). The molecular formula is C11H19NOS. The van der Waals surface area contributed by atoms with E-state index in [1.165, 1.54) is 37.6 Å². The number of hydrogen-bond donors (Lipinski definition) is 1. The van der Waals surface area contributed by atoms with Crippen molar-refractivity contribution in [2.24, 2.45) is 17.8 Å². The summed E-state index contributed by atoms with van der Waals surface area (Å²) in [7, 11) is 0. The van der Waals surface area contributed by atoms with Crippen molar-refractivity contribution in [1.82, 2.24) is 5.32 Å². The third-order valence-corrected chi connectivity index (χ3v) is 4.65. The van der Waals surface area contributed by atoms with Gasteiger partial charge in [0, 0.05) is 12.7 Å². The second-order valence-corrected chi connectivity index (χ2v) is 5.77. The summed E-state index contributed by atoms with van der Waals surface area (Å²) in [4.78, 5) is 10.9. The summed E-state index contributed by atoms with van der Waals surface area (Å²) in [6.45, 7) is 3.99. The zero-order valence-corrected chi connectivity index (χ0v) is 9.61. The van der Waals surface area contributed by atoms with Crippen molar-refractivity contribution < 1.29 is 4.79 Å². The van der Waals surface area contributed by atoms with Gasteiger partial charge in [-0.3, -0.25) is 4.79 Å². The highest BCUT2D eigenvalue weighted by Gasteiger charge is 2.36. The summed E-state index contributed by atoms with van der Waals surface area (Å²) >= 11 is 1.51. The molecule has 1 aliphatic carbocycles. The van der Waals surface area contributed by atoms with Crippen LogP contribution in [0.15, 0.2) is 0 Å². The molecule has 1 heterocycles. The van der Waals surface area contributed by atoms with Gasteiger partial charge in [-0.25, -0.2) is 0 Å². The summed E-state index contributed by atoms with van der Waals surface area (Å²) in [6, 6.07) is 0. The fraction of sp³-hybridized carbons (Fsp3) is 0.909. The Hall–Kier alpha value is -0.0200. The molecule has 0 aromatic rings. The Kier molecular flexibility index (Phi) is 3.50. The molecule has 0 bridgehead atoms. The maximum absolute atomic E-state index is 10.9. The summed E-state index contributed by atoms with van der Waals surface area (Å²) in [6.07, 6.45) is 4.27. The van der Waals surface area contributed by atoms with Gasteiger partial charge in [-0.1, -0.05) is 31.0 Å². The smallest absolute Gasteiger partial charge is 0.185 e. The Morgan fingerprint density at radius 1 is 1.43 bits per heavy atom. The van der Waals surface area contributed by atoms with E-state index < -0.39 is 0 Å². The van der Waals surface area contributed by atoms with Gasteiger partial charge in [0.05, 0.1) is 0 Å². The normalized spacial score (nSPS) is 32.9. The van der Waals surface area contributed by atoms with E-state index in [1.807, 2.05) is 0 Å². The average Bonchev–Trinajstić information content (AvgIpc) is 2.46. The van der Waals surface area contributed by atoms with E-state index in [9.17, 15) is 4.79 Å². The minimum absolute atomic E-state index is 0.268. The molecule has 2 atom stereocenters. The lowest BCUT2D eigenvalue weighted by Crippen LogP contribution is -2.29. The van der Waals surface area contributed by atoms with Crippen molar-refractivity contribution in [2.75, 3.05) is 18.8 Å². The summed E-state index contributed by atoms with van der Waals surface area (Å²) in [5, 5.41) is 3.74. The zero-order chi connectivity index (χ0) is 9.97. The van der Waals surface area contributed by atoms with Crippen molar-refractivity contribution >= 4 is 16.9 Å². The first-order chi connectivity index (χ1) is 6.77. The lowest BCUT2D eigenvalue weighted by atomic mass is 9.72. The Bertz CT molecular complexity index is 215. The van der Waals surface area contributed by atoms with Crippen LogP contribution in [0.1, 0.15) is 26.2 Å². The molecule has 0 aromatic carbocycles. The van der Waals surface area contributed by atoms with Crippen molar-refractivity contribution in [3.05, 3.63) is 0 Å². The maximum atomic E-state index is 10.9. The second-order valence-electron chi connectivity index (χ2n) is 4.58. The van der Waals surface area contributed by atoms with Crippen molar-refractivity contribution in [2.45, 2.75) is 26.2 Å². The molecule has 0 amide bonds. The Balaban J connectivity index is 1.80. The SMILES string of the molecule is CC(=O)SCC1CNCC1C1CCC1. The van der Waals surface area contributed by atoms with Gasteiger partial charge in [0.15, 0.2) is 5.12 Å². The molecule has 3 heteroatoms. The summed E-state index contributed by atoms with van der Waals surface area (Å²) in [5.74, 6) is 3.59. The van der Waals surface area contributed by atoms with Crippen LogP contribution in [-0.2, 0) is 4.79 Å². The molecule has 0 spiro atoms. The van der Waals surface area contributed by atoms with Gasteiger partial charge in [0.2, 0.25) is 0 Å². The minimum Gasteiger partial charge on any atom is -0.316 e. The number of carbonyl (C=O) groups excluding carboxylic acids is 1. The second kappa shape index (κ2) is 4.67. The largest absolute Gasteiger partial charge is 0.316 e. The molecule has 1 N–H and O–H groups in total. The number of nitrogens with one attached hydrogen (secondary N) is 1. The highest BCUT2D eigenvalue weighted by molar-refractivity contribution is 8.13. The zero-order valence-electron chi connectivity index (χ0n) is 8.79. The standard InChI is InChI=1S/C11H19NOS/c1-8(13)14-7-10-5-12-6-11(10)9-3-2-4-9/h9-12H,2-7H2,1H3. The van der Waals surface area contributed by atoms with E-state index in [4.69, 9.17) is 0 Å². The Morgan fingerprint density at radius 3 is 2.79 bits per heavy atom. The number of rotatable bonds is 3. The van der Waals surface area contributed by atoms with Gasteiger partial charge in [0.1, 0.15) is 0 Å². The topological polar surface area (TPSA) is 29.1 Å². The molecule has 0 radical (unpaired) electrons. The molecule has 1 saturated carbocycles. The van der Waals surface area contributed by atoms with E-state index in [-0.39, 0.29) is 5.12 Å². The van der Waals surface area contributed by atoms with Crippen LogP contribution in [0.4, 0.5) is 0 Å². The molecule has 14 heavy (non-hydrogen) atoms. The predicted octanol–water partition coefficient (Wildman–Crippen LogP) is 1.90. The van der Waals surface area contributed by atoms with Crippen molar-refractivity contribution in [3.8, 4) is 0 Å². The highest BCUT2D eigenvalue weighted by atomic mass is 32.2. The van der Waals surface area contributed by atoms with Gasteiger partial charge >= 0.3 is 0 Å². The lowest BCUT2D eigenvalue weighted by Gasteiger charge is -2.34. The first-order valence-corrected chi connectivity index (χ1v) is 6.60. The van der Waals surface area contributed by atoms with Crippen LogP contribution in [0.25, 0.3) is 0 Å². The Morgan fingerprint density at radius 2 is 2.21 bits per heavy atom. The average molecular weight is 213 g/mol. The van der Waals surface area contributed by atoms with E-state index in [1.54, 1.807) is 6.92 Å². The molecular weight excluding hydrogens is 194 g/mol. The maximum Gasteiger partial charge on any atom is 0.185 e. The van der Waals surface area contributed by atoms with Gasteiger partial charge in [0.25, 0.3) is 0 Å². The fourth-order valence-corrected chi connectivity index (χ4v) is 3.39.